The van der Waals surface area contributed by atoms with Crippen LogP contribution in [0.5, 0.6) is 5.75 Å². The zero-order valence-corrected chi connectivity index (χ0v) is 15.7. The molecule has 0 bridgehead atoms. The number of aryl methyl sites for hydroxylation is 1. The summed E-state index contributed by atoms with van der Waals surface area (Å²) in [5.41, 5.74) is 6.16. The van der Waals surface area contributed by atoms with Gasteiger partial charge >= 0.3 is 0 Å². The van der Waals surface area contributed by atoms with E-state index in [9.17, 15) is 4.79 Å². The Labute approximate surface area is 153 Å². The molecule has 4 nitrogen and oxygen atoms in total. The highest BCUT2D eigenvalue weighted by molar-refractivity contribution is 6.30. The van der Waals surface area contributed by atoms with Gasteiger partial charge in [0.1, 0.15) is 5.75 Å². The van der Waals surface area contributed by atoms with Crippen LogP contribution in [-0.4, -0.2) is 18.7 Å². The third-order valence-electron chi connectivity index (χ3n) is 3.80. The number of rotatable bonds is 6. The van der Waals surface area contributed by atoms with Crippen molar-refractivity contribution in [3.8, 4) is 5.75 Å². The van der Waals surface area contributed by atoms with Crippen LogP contribution in [0.1, 0.15) is 53.7 Å². The largest absolute Gasteiger partial charge is 0.494 e. The average molecular weight is 359 g/mol. The summed E-state index contributed by atoms with van der Waals surface area (Å²) in [6.07, 6.45) is 1.66. The van der Waals surface area contributed by atoms with Crippen molar-refractivity contribution in [2.45, 2.75) is 33.6 Å². The van der Waals surface area contributed by atoms with Gasteiger partial charge in [0, 0.05) is 10.6 Å². The summed E-state index contributed by atoms with van der Waals surface area (Å²) >= 11 is 5.82. The van der Waals surface area contributed by atoms with Crippen molar-refractivity contribution < 1.29 is 9.53 Å². The van der Waals surface area contributed by atoms with Crippen molar-refractivity contribution in [2.75, 3.05) is 6.61 Å². The van der Waals surface area contributed by atoms with Crippen LogP contribution in [0.25, 0.3) is 0 Å². The van der Waals surface area contributed by atoms with Gasteiger partial charge < -0.3 is 4.74 Å². The fourth-order valence-electron chi connectivity index (χ4n) is 2.41. The van der Waals surface area contributed by atoms with Crippen molar-refractivity contribution in [1.29, 1.82) is 0 Å². The first kappa shape index (κ1) is 19.0. The molecular formula is C20H23ClN2O2. The molecule has 2 rings (SSSR count). The first-order valence-electron chi connectivity index (χ1n) is 8.28. The average Bonchev–Trinajstić information content (AvgIpc) is 2.57. The molecule has 0 saturated carbocycles. The van der Waals surface area contributed by atoms with E-state index in [2.05, 4.69) is 30.4 Å². The maximum atomic E-state index is 12.1. The third-order valence-corrected chi connectivity index (χ3v) is 4.05. The highest BCUT2D eigenvalue weighted by atomic mass is 35.5. The van der Waals surface area contributed by atoms with Crippen molar-refractivity contribution in [3.05, 3.63) is 63.7 Å². The molecule has 0 atom stereocenters. The number of nitrogens with zero attached hydrogens (tertiary/aromatic N) is 1. The predicted octanol–water partition coefficient (Wildman–Crippen LogP) is 4.93. The number of nitrogens with one attached hydrogen (secondary N) is 1. The summed E-state index contributed by atoms with van der Waals surface area (Å²) in [5, 5.41) is 4.67. The number of ether oxygens (including phenoxy) is 1. The Morgan fingerprint density at radius 2 is 1.96 bits per heavy atom. The van der Waals surface area contributed by atoms with Gasteiger partial charge in [0.2, 0.25) is 0 Å². The maximum Gasteiger partial charge on any atom is 0.271 e. The molecule has 2 aromatic carbocycles. The van der Waals surface area contributed by atoms with Crippen LogP contribution < -0.4 is 10.2 Å². The normalized spacial score (nSPS) is 11.1. The van der Waals surface area contributed by atoms with Gasteiger partial charge in [-0.15, -0.1) is 0 Å². The summed E-state index contributed by atoms with van der Waals surface area (Å²) in [6.45, 7) is 8.84. The Hall–Kier alpha value is -2.33. The lowest BCUT2D eigenvalue weighted by Crippen LogP contribution is -2.17. The number of carbonyl (C=O) groups excluding carboxylic acids is 1. The number of hydrazone groups is 1. The molecule has 5 heteroatoms. The zero-order valence-electron chi connectivity index (χ0n) is 15.0. The molecule has 0 spiro atoms. The van der Waals surface area contributed by atoms with Crippen LogP contribution in [0.3, 0.4) is 0 Å². The van der Waals surface area contributed by atoms with Gasteiger partial charge in [0.25, 0.3) is 5.91 Å². The SMILES string of the molecule is CCOc1cc(C)c(/C=N\NC(=O)c2ccc(Cl)cc2)cc1C(C)C. The lowest BCUT2D eigenvalue weighted by atomic mass is 9.97. The Bertz CT molecular complexity index is 768. The van der Waals surface area contributed by atoms with Crippen LogP contribution in [0.15, 0.2) is 41.5 Å². The summed E-state index contributed by atoms with van der Waals surface area (Å²) < 4.78 is 5.72. The van der Waals surface area contributed by atoms with E-state index in [1.54, 1.807) is 30.5 Å². The molecule has 132 valence electrons. The highest BCUT2D eigenvalue weighted by Crippen LogP contribution is 2.29. The van der Waals surface area contributed by atoms with Gasteiger partial charge in [-0.05, 0) is 72.9 Å². The van der Waals surface area contributed by atoms with Crippen molar-refractivity contribution in [2.24, 2.45) is 5.10 Å². The van der Waals surface area contributed by atoms with E-state index in [1.165, 1.54) is 0 Å². The Morgan fingerprint density at radius 3 is 2.56 bits per heavy atom. The van der Waals surface area contributed by atoms with Crippen molar-refractivity contribution in [1.82, 2.24) is 5.43 Å². The second-order valence-corrected chi connectivity index (χ2v) is 6.48. The molecule has 0 aliphatic rings. The van der Waals surface area contributed by atoms with E-state index >= 15 is 0 Å². The van der Waals surface area contributed by atoms with E-state index in [4.69, 9.17) is 16.3 Å². The molecule has 1 N–H and O–H groups in total. The number of hydrogen-bond donors (Lipinski definition) is 1. The Morgan fingerprint density at radius 1 is 1.28 bits per heavy atom. The molecule has 0 heterocycles. The smallest absolute Gasteiger partial charge is 0.271 e. The second kappa shape index (κ2) is 8.67. The van der Waals surface area contributed by atoms with Gasteiger partial charge in [-0.2, -0.15) is 5.10 Å². The number of hydrogen-bond acceptors (Lipinski definition) is 3. The third kappa shape index (κ3) is 5.07. The summed E-state index contributed by atoms with van der Waals surface area (Å²) in [4.78, 5) is 12.1. The minimum atomic E-state index is -0.277. The molecular weight excluding hydrogens is 336 g/mol. The molecule has 1 amide bonds. The fourth-order valence-corrected chi connectivity index (χ4v) is 2.54. The van der Waals surface area contributed by atoms with Crippen LogP contribution >= 0.6 is 11.6 Å². The number of benzene rings is 2. The quantitative estimate of drug-likeness (QED) is 0.587. The van der Waals surface area contributed by atoms with Crippen molar-refractivity contribution >= 4 is 23.7 Å². The molecule has 25 heavy (non-hydrogen) atoms. The van der Waals surface area contributed by atoms with Crippen LogP contribution in [0.4, 0.5) is 0 Å². The molecule has 0 radical (unpaired) electrons. The zero-order chi connectivity index (χ0) is 18.4. The first-order valence-corrected chi connectivity index (χ1v) is 8.66. The minimum absolute atomic E-state index is 0.277. The van der Waals surface area contributed by atoms with Crippen LogP contribution in [0, 0.1) is 6.92 Å². The molecule has 0 fully saturated rings. The Kier molecular flexibility index (Phi) is 6.59. The van der Waals surface area contributed by atoms with E-state index in [0.717, 1.165) is 22.4 Å². The number of amides is 1. The summed E-state index contributed by atoms with van der Waals surface area (Å²) in [6, 6.07) is 10.7. The van der Waals surface area contributed by atoms with Gasteiger partial charge in [-0.25, -0.2) is 5.43 Å². The van der Waals surface area contributed by atoms with E-state index in [0.29, 0.717) is 23.1 Å². The topological polar surface area (TPSA) is 50.7 Å². The van der Waals surface area contributed by atoms with E-state index < -0.39 is 0 Å². The minimum Gasteiger partial charge on any atom is -0.494 e. The van der Waals surface area contributed by atoms with E-state index in [-0.39, 0.29) is 5.91 Å². The lowest BCUT2D eigenvalue weighted by molar-refractivity contribution is 0.0955. The number of halogens is 1. The first-order chi connectivity index (χ1) is 11.9. The second-order valence-electron chi connectivity index (χ2n) is 6.04. The molecule has 0 aliphatic carbocycles. The van der Waals surface area contributed by atoms with Gasteiger partial charge in [-0.1, -0.05) is 25.4 Å². The standard InChI is InChI=1S/C20H23ClN2O2/c1-5-25-19-10-14(4)16(11-18(19)13(2)3)12-22-23-20(24)15-6-8-17(21)9-7-15/h6-13H,5H2,1-4H3,(H,23,24)/b22-12-. The summed E-state index contributed by atoms with van der Waals surface area (Å²) in [7, 11) is 0. The van der Waals surface area contributed by atoms with E-state index in [1.807, 2.05) is 19.9 Å². The molecule has 0 aliphatic heterocycles. The molecule has 2 aromatic rings. The van der Waals surface area contributed by atoms with Gasteiger partial charge in [-0.3, -0.25) is 4.79 Å². The monoisotopic (exact) mass is 358 g/mol. The molecule has 0 aromatic heterocycles. The Balaban J connectivity index is 2.16. The fraction of sp³-hybridized carbons (Fsp3) is 0.300. The summed E-state index contributed by atoms with van der Waals surface area (Å²) in [5.74, 6) is 0.955. The van der Waals surface area contributed by atoms with Crippen LogP contribution in [-0.2, 0) is 0 Å². The lowest BCUT2D eigenvalue weighted by Gasteiger charge is -2.15. The van der Waals surface area contributed by atoms with Crippen molar-refractivity contribution in [3.63, 3.8) is 0 Å². The van der Waals surface area contributed by atoms with Gasteiger partial charge in [0.05, 0.1) is 12.8 Å². The number of carbonyl (C=O) groups is 1. The predicted molar refractivity (Wildman–Crippen MR) is 103 cm³/mol. The molecule has 0 saturated heterocycles. The van der Waals surface area contributed by atoms with Gasteiger partial charge in [0.15, 0.2) is 0 Å². The molecule has 0 unspecified atom stereocenters. The highest BCUT2D eigenvalue weighted by Gasteiger charge is 2.11. The van der Waals surface area contributed by atoms with Crippen LogP contribution in [0.2, 0.25) is 5.02 Å². The maximum absolute atomic E-state index is 12.1.